The van der Waals surface area contributed by atoms with Crippen LogP contribution >= 0.6 is 0 Å². The maximum atomic E-state index is 11.7. The quantitative estimate of drug-likeness (QED) is 0.399. The lowest BCUT2D eigenvalue weighted by molar-refractivity contribution is -0.0855. The number of nitrogens with two attached hydrogens (primary N) is 1. The van der Waals surface area contributed by atoms with Gasteiger partial charge in [0.15, 0.2) is 11.2 Å². The van der Waals surface area contributed by atoms with Crippen LogP contribution in [-0.2, 0) is 0 Å². The molecule has 3 rings (SSSR count). The Bertz CT molecular complexity index is 713. The third kappa shape index (κ3) is 2.27. The van der Waals surface area contributed by atoms with Crippen molar-refractivity contribution in [1.82, 2.24) is 19.5 Å². The molecule has 8 N–H and O–H groups in total. The summed E-state index contributed by atoms with van der Waals surface area (Å²) in [6.45, 7) is -0.534. The number of nitrogens with one attached hydrogen (secondary N) is 1. The van der Waals surface area contributed by atoms with E-state index in [-0.39, 0.29) is 35.8 Å². The van der Waals surface area contributed by atoms with Crippen LogP contribution in [0.4, 0.5) is 5.95 Å². The van der Waals surface area contributed by atoms with Crippen molar-refractivity contribution < 1.29 is 20.8 Å². The number of aliphatic hydroxyl groups is 3. The topological polar surface area (TPSA) is 182 Å². The molecular formula is C11H17N5O5. The van der Waals surface area contributed by atoms with Gasteiger partial charge in [-0.2, -0.15) is 4.98 Å². The minimum absolute atomic E-state index is 0. The molecule has 10 nitrogen and oxygen atoms in total. The highest BCUT2D eigenvalue weighted by molar-refractivity contribution is 5.70. The molecule has 1 aliphatic carbocycles. The summed E-state index contributed by atoms with van der Waals surface area (Å²) in [6.07, 6.45) is 0.753. The number of aromatic amines is 1. The highest BCUT2D eigenvalue weighted by Gasteiger charge is 2.46. The van der Waals surface area contributed by atoms with Crippen LogP contribution in [0.1, 0.15) is 18.9 Å². The largest absolute Gasteiger partial charge is 0.412 e. The van der Waals surface area contributed by atoms with Crippen molar-refractivity contribution >= 4 is 17.1 Å². The fourth-order valence-electron chi connectivity index (χ4n) is 2.70. The van der Waals surface area contributed by atoms with Crippen LogP contribution < -0.4 is 11.3 Å². The van der Waals surface area contributed by atoms with Gasteiger partial charge < -0.3 is 31.1 Å². The number of H-pyrrole nitrogens is 1. The third-order valence-electron chi connectivity index (χ3n) is 3.82. The van der Waals surface area contributed by atoms with Crippen LogP contribution in [0.2, 0.25) is 0 Å². The molecule has 1 fully saturated rings. The van der Waals surface area contributed by atoms with Gasteiger partial charge in [-0.25, -0.2) is 4.98 Å². The maximum Gasteiger partial charge on any atom is 0.280 e. The van der Waals surface area contributed by atoms with Crippen molar-refractivity contribution in [3.8, 4) is 0 Å². The molecule has 0 bridgehead atoms. The normalized spacial score (nSPS) is 28.7. The Morgan fingerprint density at radius 2 is 2.29 bits per heavy atom. The van der Waals surface area contributed by atoms with Gasteiger partial charge in [0.2, 0.25) is 5.95 Å². The summed E-state index contributed by atoms with van der Waals surface area (Å²) in [4.78, 5) is 22.0. The molecule has 0 spiro atoms. The highest BCUT2D eigenvalue weighted by Crippen LogP contribution is 2.38. The lowest BCUT2D eigenvalue weighted by atomic mass is 10.0. The first-order valence-electron chi connectivity index (χ1n) is 6.18. The zero-order valence-corrected chi connectivity index (χ0v) is 11.0. The van der Waals surface area contributed by atoms with Crippen LogP contribution in [0.5, 0.6) is 0 Å². The Morgan fingerprint density at radius 3 is 2.90 bits per heavy atom. The fourth-order valence-corrected chi connectivity index (χ4v) is 2.70. The molecule has 2 heterocycles. The van der Waals surface area contributed by atoms with Crippen molar-refractivity contribution in [3.63, 3.8) is 0 Å². The Hall–Kier alpha value is -2.01. The average Bonchev–Trinajstić information content (AvgIpc) is 2.92. The molecule has 1 saturated carbocycles. The summed E-state index contributed by atoms with van der Waals surface area (Å²) in [5, 5.41) is 29.1. The van der Waals surface area contributed by atoms with E-state index in [4.69, 9.17) is 5.73 Å². The Balaban J connectivity index is 0.00000161. The number of anilines is 1. The fraction of sp³-hybridized carbons (Fsp3) is 0.545. The van der Waals surface area contributed by atoms with Crippen molar-refractivity contribution in [1.29, 1.82) is 0 Å². The molecule has 21 heavy (non-hydrogen) atoms. The predicted molar refractivity (Wildman–Crippen MR) is 72.5 cm³/mol. The Labute approximate surface area is 118 Å². The van der Waals surface area contributed by atoms with Gasteiger partial charge in [0.1, 0.15) is 5.60 Å². The zero-order chi connectivity index (χ0) is 14.5. The van der Waals surface area contributed by atoms with E-state index < -0.39 is 23.9 Å². The Morgan fingerprint density at radius 1 is 1.57 bits per heavy atom. The zero-order valence-electron chi connectivity index (χ0n) is 11.0. The lowest BCUT2D eigenvalue weighted by Crippen LogP contribution is -2.40. The molecule has 2 aromatic heterocycles. The molecule has 3 atom stereocenters. The number of nitrogens with zero attached hydrogens (tertiary/aromatic N) is 3. The first kappa shape index (κ1) is 15.4. The molecule has 0 aliphatic heterocycles. The van der Waals surface area contributed by atoms with Gasteiger partial charge in [0.05, 0.1) is 19.0 Å². The molecule has 0 amide bonds. The predicted octanol–water partition coefficient (Wildman–Crippen LogP) is -2.70. The minimum Gasteiger partial charge on any atom is -0.412 e. The minimum atomic E-state index is -1.55. The van der Waals surface area contributed by atoms with E-state index in [9.17, 15) is 20.1 Å². The average molecular weight is 299 g/mol. The van der Waals surface area contributed by atoms with Gasteiger partial charge in [-0.3, -0.25) is 9.78 Å². The van der Waals surface area contributed by atoms with E-state index in [2.05, 4.69) is 15.0 Å². The molecule has 0 saturated heterocycles. The Kier molecular flexibility index (Phi) is 3.72. The smallest absolute Gasteiger partial charge is 0.280 e. The van der Waals surface area contributed by atoms with Crippen LogP contribution in [-0.4, -0.2) is 58.6 Å². The van der Waals surface area contributed by atoms with Gasteiger partial charge >= 0.3 is 0 Å². The molecule has 116 valence electrons. The third-order valence-corrected chi connectivity index (χ3v) is 3.82. The first-order valence-corrected chi connectivity index (χ1v) is 6.18. The molecule has 10 heteroatoms. The number of hydrogen-bond acceptors (Lipinski definition) is 7. The van der Waals surface area contributed by atoms with Crippen LogP contribution in [0.25, 0.3) is 11.2 Å². The van der Waals surface area contributed by atoms with Crippen molar-refractivity contribution in [3.05, 3.63) is 16.7 Å². The highest BCUT2D eigenvalue weighted by atomic mass is 16.4. The van der Waals surface area contributed by atoms with Gasteiger partial charge in [-0.1, -0.05) is 0 Å². The van der Waals surface area contributed by atoms with E-state index in [1.54, 1.807) is 4.57 Å². The summed E-state index contributed by atoms with van der Waals surface area (Å²) >= 11 is 0. The molecule has 0 radical (unpaired) electrons. The van der Waals surface area contributed by atoms with E-state index in [0.29, 0.717) is 5.65 Å². The second-order valence-corrected chi connectivity index (χ2v) is 5.15. The SMILES string of the molecule is Nc1nc2c(ncn2C2CC(O)C(O)(CO)C2)c(=O)[nH]1.O. The van der Waals surface area contributed by atoms with Gasteiger partial charge in [-0.05, 0) is 6.42 Å². The number of fused-ring (bicyclic) bond motifs is 1. The molecule has 1 aliphatic rings. The lowest BCUT2D eigenvalue weighted by Gasteiger charge is -2.23. The second-order valence-electron chi connectivity index (χ2n) is 5.15. The number of hydrogen-bond donors (Lipinski definition) is 5. The van der Waals surface area contributed by atoms with E-state index in [1.165, 1.54) is 6.33 Å². The molecule has 2 aromatic rings. The van der Waals surface area contributed by atoms with E-state index in [1.807, 2.05) is 0 Å². The number of imidazole rings is 1. The second kappa shape index (κ2) is 5.07. The van der Waals surface area contributed by atoms with Crippen molar-refractivity contribution in [2.45, 2.75) is 30.6 Å². The summed E-state index contributed by atoms with van der Waals surface area (Å²) in [5.41, 5.74) is 3.96. The number of aromatic nitrogens is 4. The van der Waals surface area contributed by atoms with Gasteiger partial charge in [-0.15, -0.1) is 0 Å². The number of aliphatic hydroxyl groups excluding tert-OH is 2. The molecule has 3 unspecified atom stereocenters. The summed E-state index contributed by atoms with van der Waals surface area (Å²) < 4.78 is 1.60. The number of nitrogen functional groups attached to an aromatic ring is 1. The molecule has 0 aromatic carbocycles. The first-order chi connectivity index (χ1) is 9.44. The maximum absolute atomic E-state index is 11.7. The molecular weight excluding hydrogens is 282 g/mol. The summed E-state index contributed by atoms with van der Waals surface area (Å²) in [5.74, 6) is -0.0276. The van der Waals surface area contributed by atoms with Crippen LogP contribution in [0.15, 0.2) is 11.1 Å². The van der Waals surface area contributed by atoms with E-state index >= 15 is 0 Å². The summed E-state index contributed by atoms with van der Waals surface area (Å²) in [7, 11) is 0. The van der Waals surface area contributed by atoms with E-state index in [0.717, 1.165) is 0 Å². The van der Waals surface area contributed by atoms with Crippen LogP contribution in [0, 0.1) is 0 Å². The van der Waals surface area contributed by atoms with Gasteiger partial charge in [0.25, 0.3) is 5.56 Å². The monoisotopic (exact) mass is 299 g/mol. The van der Waals surface area contributed by atoms with Crippen molar-refractivity contribution in [2.24, 2.45) is 0 Å². The standard InChI is InChI=1S/C11H15N5O4.H2O/c12-10-14-8-7(9(19)15-10)13-4-16(8)5-1-6(18)11(20,2-5)3-17;/h4-6,17-18,20H,1-3H2,(H3,12,14,15,19);1H2. The van der Waals surface area contributed by atoms with Crippen molar-refractivity contribution in [2.75, 3.05) is 12.3 Å². The number of rotatable bonds is 2. The van der Waals surface area contributed by atoms with Crippen LogP contribution in [0.3, 0.4) is 0 Å². The van der Waals surface area contributed by atoms with Gasteiger partial charge in [0, 0.05) is 12.5 Å². The summed E-state index contributed by atoms with van der Waals surface area (Å²) in [6, 6.07) is -0.319.